The van der Waals surface area contributed by atoms with Gasteiger partial charge in [0.15, 0.2) is 0 Å². The van der Waals surface area contributed by atoms with Gasteiger partial charge in [0.25, 0.3) is 0 Å². The van der Waals surface area contributed by atoms with Crippen LogP contribution >= 0.6 is 0 Å². The van der Waals surface area contributed by atoms with E-state index in [2.05, 4.69) is 40.5 Å². The summed E-state index contributed by atoms with van der Waals surface area (Å²) >= 11 is 0. The number of para-hydroxylation sites is 2. The van der Waals surface area contributed by atoms with Gasteiger partial charge in [0.05, 0.1) is 11.0 Å². The van der Waals surface area contributed by atoms with Crippen LogP contribution in [-0.2, 0) is 0 Å². The third-order valence-electron chi connectivity index (χ3n) is 2.86. The molecule has 0 bridgehead atoms. The lowest BCUT2D eigenvalue weighted by Crippen LogP contribution is -2.00. The van der Waals surface area contributed by atoms with Gasteiger partial charge in [-0.3, -0.25) is 4.57 Å². The normalized spacial score (nSPS) is 11.1. The maximum atomic E-state index is 4.58. The number of nitrogens with one attached hydrogen (secondary N) is 1. The van der Waals surface area contributed by atoms with Crippen molar-refractivity contribution in [1.29, 1.82) is 0 Å². The van der Waals surface area contributed by atoms with Crippen molar-refractivity contribution < 1.29 is 0 Å². The van der Waals surface area contributed by atoms with Gasteiger partial charge in [0.2, 0.25) is 5.95 Å². The average Bonchev–Trinajstić information content (AvgIpc) is 2.82. The highest BCUT2D eigenvalue weighted by Gasteiger charge is 2.07. The molecule has 0 fully saturated rings. The van der Waals surface area contributed by atoms with Crippen molar-refractivity contribution in [3.8, 4) is 5.95 Å². The van der Waals surface area contributed by atoms with Crippen molar-refractivity contribution in [2.45, 2.75) is 13.8 Å². The van der Waals surface area contributed by atoms with E-state index in [-0.39, 0.29) is 0 Å². The summed E-state index contributed by atoms with van der Waals surface area (Å²) in [6.07, 6.45) is 0. The molecule has 0 aliphatic heterocycles. The Morgan fingerprint density at radius 3 is 2.38 bits per heavy atom. The van der Waals surface area contributed by atoms with E-state index in [4.69, 9.17) is 0 Å². The predicted molar refractivity (Wildman–Crippen MR) is 64.9 cm³/mol. The molecule has 3 rings (SSSR count). The van der Waals surface area contributed by atoms with Gasteiger partial charge in [-0.15, -0.1) is 0 Å². The summed E-state index contributed by atoms with van der Waals surface area (Å²) in [5.41, 5.74) is 4.46. The maximum absolute atomic E-state index is 4.58. The van der Waals surface area contributed by atoms with Crippen LogP contribution in [0.3, 0.4) is 0 Å². The summed E-state index contributed by atoms with van der Waals surface area (Å²) in [6.45, 7) is 4.17. The first-order chi connectivity index (χ1) is 7.75. The smallest absolute Gasteiger partial charge is 0.212 e. The largest absolute Gasteiger partial charge is 0.323 e. The summed E-state index contributed by atoms with van der Waals surface area (Å²) in [6, 6.07) is 12.3. The SMILES string of the molecule is Cc1ccc(C)n1-c1nc2ccccc2[nH]1. The summed E-state index contributed by atoms with van der Waals surface area (Å²) in [5.74, 6) is 0.890. The molecular formula is C13H13N3. The topological polar surface area (TPSA) is 33.6 Å². The van der Waals surface area contributed by atoms with Crippen molar-refractivity contribution in [3.63, 3.8) is 0 Å². The molecule has 0 aliphatic carbocycles. The van der Waals surface area contributed by atoms with E-state index in [0.29, 0.717) is 0 Å². The van der Waals surface area contributed by atoms with Crippen LogP contribution in [0, 0.1) is 13.8 Å². The van der Waals surface area contributed by atoms with Gasteiger partial charge in [-0.2, -0.15) is 0 Å². The quantitative estimate of drug-likeness (QED) is 0.659. The summed E-state index contributed by atoms with van der Waals surface area (Å²) in [5, 5.41) is 0. The van der Waals surface area contributed by atoms with Crippen molar-refractivity contribution in [1.82, 2.24) is 14.5 Å². The number of H-pyrrole nitrogens is 1. The van der Waals surface area contributed by atoms with Crippen molar-refractivity contribution in [2.24, 2.45) is 0 Å². The standard InChI is InChI=1S/C13H13N3/c1-9-7-8-10(2)16(9)13-14-11-5-3-4-6-12(11)15-13/h3-8H,1-2H3,(H,14,15). The Kier molecular flexibility index (Phi) is 1.86. The van der Waals surface area contributed by atoms with E-state index in [1.54, 1.807) is 0 Å². The lowest BCUT2D eigenvalue weighted by Gasteiger charge is -2.03. The zero-order chi connectivity index (χ0) is 11.1. The van der Waals surface area contributed by atoms with Gasteiger partial charge in [-0.05, 0) is 38.1 Å². The molecule has 3 nitrogen and oxygen atoms in total. The molecule has 2 heterocycles. The maximum Gasteiger partial charge on any atom is 0.212 e. The molecule has 0 radical (unpaired) electrons. The van der Waals surface area contributed by atoms with Crippen LogP contribution in [-0.4, -0.2) is 14.5 Å². The summed E-state index contributed by atoms with van der Waals surface area (Å²) < 4.78 is 2.12. The van der Waals surface area contributed by atoms with Gasteiger partial charge in [0.1, 0.15) is 0 Å². The Morgan fingerprint density at radius 1 is 1.00 bits per heavy atom. The highest BCUT2D eigenvalue weighted by atomic mass is 15.2. The molecule has 0 saturated heterocycles. The van der Waals surface area contributed by atoms with Gasteiger partial charge in [0, 0.05) is 11.4 Å². The monoisotopic (exact) mass is 211 g/mol. The fourth-order valence-electron chi connectivity index (χ4n) is 2.05. The van der Waals surface area contributed by atoms with Crippen LogP contribution in [0.25, 0.3) is 17.0 Å². The Hall–Kier alpha value is -2.03. The number of aromatic nitrogens is 3. The zero-order valence-electron chi connectivity index (χ0n) is 9.36. The first-order valence-corrected chi connectivity index (χ1v) is 5.36. The third-order valence-corrected chi connectivity index (χ3v) is 2.86. The number of hydrogen-bond donors (Lipinski definition) is 1. The van der Waals surface area contributed by atoms with Crippen LogP contribution < -0.4 is 0 Å². The van der Waals surface area contributed by atoms with Crippen molar-refractivity contribution >= 4 is 11.0 Å². The molecule has 0 aliphatic rings. The highest BCUT2D eigenvalue weighted by molar-refractivity contribution is 5.76. The molecule has 1 aromatic carbocycles. The first kappa shape index (κ1) is 9.21. The second-order valence-corrected chi connectivity index (χ2v) is 4.03. The summed E-state index contributed by atoms with van der Waals surface area (Å²) in [7, 11) is 0. The summed E-state index contributed by atoms with van der Waals surface area (Å²) in [4.78, 5) is 7.92. The van der Waals surface area contributed by atoms with Gasteiger partial charge < -0.3 is 4.98 Å². The number of hydrogen-bond acceptors (Lipinski definition) is 1. The number of nitrogens with zero attached hydrogens (tertiary/aromatic N) is 2. The predicted octanol–water partition coefficient (Wildman–Crippen LogP) is 2.97. The van der Waals surface area contributed by atoms with Crippen molar-refractivity contribution in [3.05, 3.63) is 47.8 Å². The number of aryl methyl sites for hydroxylation is 2. The van der Waals surface area contributed by atoms with Crippen LogP contribution in [0.1, 0.15) is 11.4 Å². The van der Waals surface area contributed by atoms with Crippen molar-refractivity contribution in [2.75, 3.05) is 0 Å². The van der Waals surface area contributed by atoms with Crippen LogP contribution in [0.4, 0.5) is 0 Å². The highest BCUT2D eigenvalue weighted by Crippen LogP contribution is 2.17. The number of benzene rings is 1. The minimum absolute atomic E-state index is 0.890. The minimum Gasteiger partial charge on any atom is -0.323 e. The molecular weight excluding hydrogens is 198 g/mol. The fourth-order valence-corrected chi connectivity index (χ4v) is 2.05. The second kappa shape index (κ2) is 3.23. The Morgan fingerprint density at radius 2 is 1.69 bits per heavy atom. The second-order valence-electron chi connectivity index (χ2n) is 4.03. The Labute approximate surface area is 93.7 Å². The molecule has 0 amide bonds. The zero-order valence-corrected chi connectivity index (χ0v) is 9.36. The van der Waals surface area contributed by atoms with Crippen LogP contribution in [0.5, 0.6) is 0 Å². The molecule has 3 aromatic rings. The van der Waals surface area contributed by atoms with E-state index in [0.717, 1.165) is 17.0 Å². The lowest BCUT2D eigenvalue weighted by molar-refractivity contribution is 0.901. The van der Waals surface area contributed by atoms with E-state index >= 15 is 0 Å². The van der Waals surface area contributed by atoms with E-state index in [9.17, 15) is 0 Å². The average molecular weight is 211 g/mol. The molecule has 16 heavy (non-hydrogen) atoms. The minimum atomic E-state index is 0.890. The van der Waals surface area contributed by atoms with Gasteiger partial charge >= 0.3 is 0 Å². The lowest BCUT2D eigenvalue weighted by atomic mass is 10.3. The molecule has 0 atom stereocenters. The van der Waals surface area contributed by atoms with E-state index in [1.807, 2.05) is 24.3 Å². The molecule has 0 saturated carbocycles. The van der Waals surface area contributed by atoms with Crippen LogP contribution in [0.2, 0.25) is 0 Å². The molecule has 3 heteroatoms. The molecule has 1 N–H and O–H groups in total. The number of imidazole rings is 1. The molecule has 0 unspecified atom stereocenters. The van der Waals surface area contributed by atoms with E-state index in [1.165, 1.54) is 11.4 Å². The van der Waals surface area contributed by atoms with Gasteiger partial charge in [-0.1, -0.05) is 12.1 Å². The van der Waals surface area contributed by atoms with Crippen LogP contribution in [0.15, 0.2) is 36.4 Å². The molecule has 2 aromatic heterocycles. The Balaban J connectivity index is 2.27. The van der Waals surface area contributed by atoms with E-state index < -0.39 is 0 Å². The fraction of sp³-hybridized carbons (Fsp3) is 0.154. The van der Waals surface area contributed by atoms with Gasteiger partial charge in [-0.25, -0.2) is 4.98 Å². The number of aromatic amines is 1. The molecule has 80 valence electrons. The molecule has 0 spiro atoms. The third kappa shape index (κ3) is 1.25. The number of fused-ring (bicyclic) bond motifs is 1. The number of rotatable bonds is 1. The first-order valence-electron chi connectivity index (χ1n) is 5.36. The Bertz CT molecular complexity index is 594.